The molecule has 1 N–H and O–H groups in total. The van der Waals surface area contributed by atoms with Crippen LogP contribution in [-0.2, 0) is 14.8 Å². The zero-order chi connectivity index (χ0) is 20.3. The Bertz CT molecular complexity index is 978. The molecule has 7 nitrogen and oxygen atoms in total. The molecule has 0 aliphatic carbocycles. The number of piperidine rings is 1. The summed E-state index contributed by atoms with van der Waals surface area (Å²) >= 11 is 0. The lowest BCUT2D eigenvalue weighted by Gasteiger charge is -2.33. The van der Waals surface area contributed by atoms with E-state index in [1.807, 2.05) is 0 Å². The molecule has 0 spiro atoms. The van der Waals surface area contributed by atoms with Crippen LogP contribution < -0.4 is 14.8 Å². The normalized spacial score (nSPS) is 19.9. The molecule has 2 aliphatic heterocycles. The summed E-state index contributed by atoms with van der Waals surface area (Å²) in [5, 5.41) is 2.86. The quantitative estimate of drug-likeness (QED) is 0.828. The van der Waals surface area contributed by atoms with Gasteiger partial charge in [-0.15, -0.1) is 0 Å². The second-order valence-electron chi connectivity index (χ2n) is 7.14. The van der Waals surface area contributed by atoms with Crippen molar-refractivity contribution in [2.24, 2.45) is 0 Å². The Morgan fingerprint density at radius 2 is 1.72 bits per heavy atom. The Morgan fingerprint density at radius 1 is 0.966 bits per heavy atom. The number of carbonyl (C=O) groups excluding carboxylic acids is 1. The number of sulfonamides is 1. The van der Waals surface area contributed by atoms with Gasteiger partial charge >= 0.3 is 0 Å². The van der Waals surface area contributed by atoms with Gasteiger partial charge in [0.05, 0.1) is 18.1 Å². The van der Waals surface area contributed by atoms with Gasteiger partial charge in [-0.1, -0.05) is 24.6 Å². The van der Waals surface area contributed by atoms with Gasteiger partial charge in [0, 0.05) is 24.7 Å². The molecule has 0 radical (unpaired) electrons. The molecule has 1 amide bonds. The number of amides is 1. The minimum absolute atomic E-state index is 0.204. The Hall–Kier alpha value is -2.58. The summed E-state index contributed by atoms with van der Waals surface area (Å²) in [6.07, 6.45) is 2.83. The average Bonchev–Trinajstić information content (AvgIpc) is 2.99. The zero-order valence-corrected chi connectivity index (χ0v) is 16.9. The van der Waals surface area contributed by atoms with E-state index >= 15 is 0 Å². The maximum Gasteiger partial charge on any atom is 0.243 e. The monoisotopic (exact) mass is 416 g/mol. The van der Waals surface area contributed by atoms with Gasteiger partial charge in [0.2, 0.25) is 15.9 Å². The van der Waals surface area contributed by atoms with Crippen LogP contribution in [0.5, 0.6) is 11.5 Å². The van der Waals surface area contributed by atoms with Crippen LogP contribution in [0.3, 0.4) is 0 Å². The third-order valence-corrected chi connectivity index (χ3v) is 7.04. The molecule has 2 aromatic rings. The number of rotatable bonds is 4. The molecular weight excluding hydrogens is 392 g/mol. The second kappa shape index (κ2) is 8.42. The van der Waals surface area contributed by atoms with Crippen molar-refractivity contribution in [2.75, 3.05) is 25.1 Å². The van der Waals surface area contributed by atoms with Crippen molar-refractivity contribution < 1.29 is 22.7 Å². The number of ether oxygens (including phenoxy) is 2. The van der Waals surface area contributed by atoms with Crippen molar-refractivity contribution in [3.8, 4) is 11.5 Å². The van der Waals surface area contributed by atoms with Gasteiger partial charge in [0.25, 0.3) is 0 Å². The highest BCUT2D eigenvalue weighted by molar-refractivity contribution is 7.89. The topological polar surface area (TPSA) is 84.9 Å². The van der Waals surface area contributed by atoms with Crippen molar-refractivity contribution in [2.45, 2.75) is 36.6 Å². The minimum atomic E-state index is -3.74. The molecule has 1 fully saturated rings. The highest BCUT2D eigenvalue weighted by atomic mass is 32.2. The van der Waals surface area contributed by atoms with Gasteiger partial charge in [-0.05, 0) is 37.1 Å². The standard InChI is InChI=1S/C21H24N2O5S/c24-21(22-16-10-11-19-20(15-16)28-14-6-13-27-19)18-9-4-5-12-23(18)29(25,26)17-7-2-1-3-8-17/h1-3,7-8,10-11,15,18H,4-6,9,12-14H2,(H,22,24)/t18-/m0/s1. The predicted molar refractivity (Wildman–Crippen MR) is 109 cm³/mol. The first kappa shape index (κ1) is 19.7. The second-order valence-corrected chi connectivity index (χ2v) is 9.03. The molecular formula is C21H24N2O5S. The van der Waals surface area contributed by atoms with E-state index in [0.29, 0.717) is 43.4 Å². The van der Waals surface area contributed by atoms with Crippen molar-refractivity contribution in [3.05, 3.63) is 48.5 Å². The van der Waals surface area contributed by atoms with Crippen LogP contribution >= 0.6 is 0 Å². The van der Waals surface area contributed by atoms with Gasteiger partial charge in [-0.2, -0.15) is 4.31 Å². The highest BCUT2D eigenvalue weighted by Gasteiger charge is 2.37. The van der Waals surface area contributed by atoms with E-state index in [4.69, 9.17) is 9.47 Å². The number of fused-ring (bicyclic) bond motifs is 1. The van der Waals surface area contributed by atoms with Gasteiger partial charge in [-0.3, -0.25) is 4.79 Å². The molecule has 2 aliphatic rings. The number of nitrogens with zero attached hydrogens (tertiary/aromatic N) is 1. The molecule has 0 saturated carbocycles. The van der Waals surface area contributed by atoms with E-state index in [9.17, 15) is 13.2 Å². The van der Waals surface area contributed by atoms with E-state index in [-0.39, 0.29) is 10.8 Å². The third kappa shape index (κ3) is 4.23. The van der Waals surface area contributed by atoms with Crippen LogP contribution in [0.2, 0.25) is 0 Å². The number of benzene rings is 2. The Kier molecular flexibility index (Phi) is 5.73. The molecule has 2 aromatic carbocycles. The molecule has 1 atom stereocenters. The summed E-state index contributed by atoms with van der Waals surface area (Å²) in [5.74, 6) is 0.892. The molecule has 1 saturated heterocycles. The number of hydrogen-bond acceptors (Lipinski definition) is 5. The fourth-order valence-corrected chi connectivity index (χ4v) is 5.33. The minimum Gasteiger partial charge on any atom is -0.490 e. The fraction of sp³-hybridized carbons (Fsp3) is 0.381. The molecule has 8 heteroatoms. The smallest absolute Gasteiger partial charge is 0.243 e. The van der Waals surface area contributed by atoms with Gasteiger partial charge in [0.1, 0.15) is 6.04 Å². The lowest BCUT2D eigenvalue weighted by molar-refractivity contribution is -0.120. The van der Waals surface area contributed by atoms with E-state index in [1.165, 1.54) is 4.31 Å². The van der Waals surface area contributed by atoms with Gasteiger partial charge in [-0.25, -0.2) is 8.42 Å². The fourth-order valence-electron chi connectivity index (χ4n) is 3.65. The Labute approximate surface area is 170 Å². The van der Waals surface area contributed by atoms with Crippen molar-refractivity contribution in [1.29, 1.82) is 0 Å². The molecule has 0 aromatic heterocycles. The number of nitrogens with one attached hydrogen (secondary N) is 1. The molecule has 29 heavy (non-hydrogen) atoms. The molecule has 154 valence electrons. The summed E-state index contributed by atoms with van der Waals surface area (Å²) in [4.78, 5) is 13.2. The van der Waals surface area contributed by atoms with E-state index in [1.54, 1.807) is 48.5 Å². The summed E-state index contributed by atoms with van der Waals surface area (Å²) in [6, 6.07) is 12.7. The van der Waals surface area contributed by atoms with Gasteiger partial charge in [0.15, 0.2) is 11.5 Å². The summed E-state index contributed by atoms with van der Waals surface area (Å²) in [7, 11) is -3.74. The maximum atomic E-state index is 13.1. The summed E-state index contributed by atoms with van der Waals surface area (Å²) in [5.41, 5.74) is 0.557. The molecule has 0 unspecified atom stereocenters. The van der Waals surface area contributed by atoms with Crippen LogP contribution in [-0.4, -0.2) is 44.4 Å². The average molecular weight is 416 g/mol. The van der Waals surface area contributed by atoms with E-state index in [2.05, 4.69) is 5.32 Å². The lowest BCUT2D eigenvalue weighted by Crippen LogP contribution is -2.49. The SMILES string of the molecule is O=C(Nc1ccc2c(c1)OCCCO2)[C@@H]1CCCCN1S(=O)(=O)c1ccccc1. The van der Waals surface area contributed by atoms with Crippen LogP contribution in [0.15, 0.2) is 53.4 Å². The summed E-state index contributed by atoms with van der Waals surface area (Å²) in [6.45, 7) is 1.47. The van der Waals surface area contributed by atoms with Crippen LogP contribution in [0.25, 0.3) is 0 Å². The molecule has 2 heterocycles. The first-order valence-electron chi connectivity index (χ1n) is 9.83. The largest absolute Gasteiger partial charge is 0.490 e. The van der Waals surface area contributed by atoms with Crippen LogP contribution in [0.4, 0.5) is 5.69 Å². The number of hydrogen-bond donors (Lipinski definition) is 1. The molecule has 0 bridgehead atoms. The maximum absolute atomic E-state index is 13.1. The lowest BCUT2D eigenvalue weighted by atomic mass is 10.0. The number of carbonyl (C=O) groups is 1. The van der Waals surface area contributed by atoms with Crippen molar-refractivity contribution >= 4 is 21.6 Å². The first-order valence-corrected chi connectivity index (χ1v) is 11.3. The summed E-state index contributed by atoms with van der Waals surface area (Å²) < 4.78 is 38.8. The third-order valence-electron chi connectivity index (χ3n) is 5.12. The molecule has 4 rings (SSSR count). The Morgan fingerprint density at radius 3 is 2.52 bits per heavy atom. The van der Waals surface area contributed by atoms with Crippen LogP contribution in [0, 0.1) is 0 Å². The van der Waals surface area contributed by atoms with Crippen LogP contribution in [0.1, 0.15) is 25.7 Å². The van der Waals surface area contributed by atoms with Crippen molar-refractivity contribution in [3.63, 3.8) is 0 Å². The van der Waals surface area contributed by atoms with Crippen molar-refractivity contribution in [1.82, 2.24) is 4.31 Å². The zero-order valence-electron chi connectivity index (χ0n) is 16.0. The predicted octanol–water partition coefficient (Wildman–Crippen LogP) is 3.03. The van der Waals surface area contributed by atoms with E-state index < -0.39 is 16.1 Å². The van der Waals surface area contributed by atoms with E-state index in [0.717, 1.165) is 19.3 Å². The van der Waals surface area contributed by atoms with Gasteiger partial charge < -0.3 is 14.8 Å². The first-order chi connectivity index (χ1) is 14.1. The highest BCUT2D eigenvalue weighted by Crippen LogP contribution is 2.33. The number of anilines is 1. The Balaban J connectivity index is 1.54.